The summed E-state index contributed by atoms with van der Waals surface area (Å²) < 4.78 is 0. The number of hydrogen-bond donors (Lipinski definition) is 2. The number of amides is 1. The van der Waals surface area contributed by atoms with E-state index in [9.17, 15) is 4.79 Å². The van der Waals surface area contributed by atoms with Gasteiger partial charge in [0.1, 0.15) is 5.15 Å². The minimum atomic E-state index is -0.279. The van der Waals surface area contributed by atoms with Crippen molar-refractivity contribution in [2.45, 2.75) is 32.7 Å². The first kappa shape index (κ1) is 14.4. The fourth-order valence-corrected chi connectivity index (χ4v) is 2.12. The molecule has 0 aromatic carbocycles. The highest BCUT2D eigenvalue weighted by Gasteiger charge is 2.19. The molecule has 2 aromatic heterocycles. The van der Waals surface area contributed by atoms with E-state index >= 15 is 0 Å². The number of rotatable bonds is 5. The predicted octanol–water partition coefficient (Wildman–Crippen LogP) is 1.83. The number of halogens is 1. The van der Waals surface area contributed by atoms with Crippen molar-refractivity contribution in [1.29, 1.82) is 0 Å². The average Bonchev–Trinajstić information content (AvgIpc) is 2.90. The van der Waals surface area contributed by atoms with E-state index in [1.807, 2.05) is 6.92 Å². The lowest BCUT2D eigenvalue weighted by Gasteiger charge is -2.14. The Labute approximate surface area is 121 Å². The quantitative estimate of drug-likeness (QED) is 0.820. The van der Waals surface area contributed by atoms with Crippen molar-refractivity contribution >= 4 is 17.5 Å². The number of hydrogen-bond acceptors (Lipinski definition) is 5. The van der Waals surface area contributed by atoms with Crippen LogP contribution in [0.4, 0.5) is 0 Å². The third-order valence-corrected chi connectivity index (χ3v) is 2.93. The van der Waals surface area contributed by atoms with Crippen molar-refractivity contribution in [3.63, 3.8) is 0 Å². The Morgan fingerprint density at radius 2 is 2.30 bits per heavy atom. The fraction of sp³-hybridized carbons (Fsp3) is 0.417. The maximum atomic E-state index is 12.2. The maximum Gasteiger partial charge on any atom is 0.252 e. The van der Waals surface area contributed by atoms with Crippen LogP contribution in [0.15, 0.2) is 12.1 Å². The van der Waals surface area contributed by atoms with Crippen molar-refractivity contribution in [3.8, 4) is 0 Å². The summed E-state index contributed by atoms with van der Waals surface area (Å²) >= 11 is 5.86. The van der Waals surface area contributed by atoms with Gasteiger partial charge < -0.3 is 5.32 Å². The zero-order valence-corrected chi connectivity index (χ0v) is 12.0. The number of pyridine rings is 1. The lowest BCUT2D eigenvalue weighted by Crippen LogP contribution is -2.29. The highest BCUT2D eigenvalue weighted by atomic mass is 35.5. The molecule has 2 N–H and O–H groups in total. The molecule has 0 bridgehead atoms. The third-order valence-electron chi connectivity index (χ3n) is 2.74. The number of aryl methyl sites for hydroxylation is 1. The van der Waals surface area contributed by atoms with Gasteiger partial charge in [0, 0.05) is 11.3 Å². The predicted molar refractivity (Wildman–Crippen MR) is 73.3 cm³/mol. The lowest BCUT2D eigenvalue weighted by atomic mass is 10.1. The third kappa shape index (κ3) is 3.51. The van der Waals surface area contributed by atoms with E-state index < -0.39 is 0 Å². The van der Waals surface area contributed by atoms with E-state index in [1.54, 1.807) is 13.0 Å². The number of tetrazole rings is 1. The van der Waals surface area contributed by atoms with Crippen LogP contribution in [0, 0.1) is 6.92 Å². The molecule has 0 saturated heterocycles. The number of nitrogens with zero attached hydrogens (tertiary/aromatic N) is 4. The summed E-state index contributed by atoms with van der Waals surface area (Å²) in [5.41, 5.74) is 1.15. The molecule has 20 heavy (non-hydrogen) atoms. The summed E-state index contributed by atoms with van der Waals surface area (Å²) in [7, 11) is 0. The van der Waals surface area contributed by atoms with Crippen LogP contribution < -0.4 is 5.32 Å². The summed E-state index contributed by atoms with van der Waals surface area (Å²) in [5.74, 6) is 0.234. The summed E-state index contributed by atoms with van der Waals surface area (Å²) in [6.45, 7) is 3.80. The fourth-order valence-electron chi connectivity index (χ4n) is 1.87. The molecule has 0 aliphatic carbocycles. The van der Waals surface area contributed by atoms with Gasteiger partial charge in [-0.3, -0.25) is 4.79 Å². The molecular weight excluding hydrogens is 280 g/mol. The Morgan fingerprint density at radius 1 is 1.50 bits per heavy atom. The smallest absolute Gasteiger partial charge is 0.252 e. The van der Waals surface area contributed by atoms with Gasteiger partial charge in [-0.05, 0) is 25.5 Å². The molecule has 2 aromatic rings. The number of carbonyl (C=O) groups excluding carboxylic acids is 1. The van der Waals surface area contributed by atoms with Gasteiger partial charge in [0.15, 0.2) is 5.82 Å². The van der Waals surface area contributed by atoms with Gasteiger partial charge in [0.2, 0.25) is 0 Å². The van der Waals surface area contributed by atoms with Crippen LogP contribution in [0.25, 0.3) is 0 Å². The molecule has 8 heteroatoms. The number of carbonyl (C=O) groups is 1. The second-order valence-corrected chi connectivity index (χ2v) is 4.79. The molecule has 0 spiro atoms. The Hall–Kier alpha value is -2.02. The van der Waals surface area contributed by atoms with Crippen LogP contribution in [-0.2, 0) is 0 Å². The van der Waals surface area contributed by atoms with Crippen LogP contribution in [0.1, 0.15) is 47.7 Å². The largest absolute Gasteiger partial charge is 0.342 e. The van der Waals surface area contributed by atoms with E-state index in [0.29, 0.717) is 22.2 Å². The topological polar surface area (TPSA) is 96.5 Å². The first-order valence-corrected chi connectivity index (χ1v) is 6.66. The van der Waals surface area contributed by atoms with Crippen LogP contribution in [0.3, 0.4) is 0 Å². The zero-order chi connectivity index (χ0) is 14.5. The number of aromatic nitrogens is 5. The minimum Gasteiger partial charge on any atom is -0.342 e. The molecular formula is C12H15ClN6O. The standard InChI is InChI=1S/C12H15ClN6O/c1-3-4-9(11-16-18-19-17-11)15-12(20)8-5-7(2)14-10(13)6-8/h5-6,9H,3-4H2,1-2H3,(H,15,20)(H,16,17,18,19)/t9-/m1/s1. The molecule has 1 amide bonds. The van der Waals surface area contributed by atoms with E-state index in [0.717, 1.165) is 12.8 Å². The van der Waals surface area contributed by atoms with Gasteiger partial charge in [0.25, 0.3) is 5.91 Å². The van der Waals surface area contributed by atoms with Gasteiger partial charge in [-0.2, -0.15) is 5.21 Å². The maximum absolute atomic E-state index is 12.2. The van der Waals surface area contributed by atoms with Crippen LogP contribution in [-0.4, -0.2) is 31.5 Å². The molecule has 106 valence electrons. The van der Waals surface area contributed by atoms with Crippen LogP contribution in [0.5, 0.6) is 0 Å². The first-order chi connectivity index (χ1) is 9.60. The summed E-state index contributed by atoms with van der Waals surface area (Å²) in [4.78, 5) is 16.3. The first-order valence-electron chi connectivity index (χ1n) is 6.28. The molecule has 0 unspecified atom stereocenters. The molecule has 2 rings (SSSR count). The van der Waals surface area contributed by atoms with Crippen molar-refractivity contribution in [2.24, 2.45) is 0 Å². The average molecular weight is 295 g/mol. The van der Waals surface area contributed by atoms with Gasteiger partial charge in [-0.15, -0.1) is 10.2 Å². The van der Waals surface area contributed by atoms with E-state index in [-0.39, 0.29) is 11.9 Å². The summed E-state index contributed by atoms with van der Waals surface area (Å²) in [6, 6.07) is 2.93. The molecule has 0 aliphatic heterocycles. The van der Waals surface area contributed by atoms with Crippen molar-refractivity contribution in [2.75, 3.05) is 0 Å². The Kier molecular flexibility index (Phi) is 4.62. The van der Waals surface area contributed by atoms with Crippen molar-refractivity contribution in [1.82, 2.24) is 30.9 Å². The second kappa shape index (κ2) is 6.42. The SMILES string of the molecule is CCC[C@@H](NC(=O)c1cc(C)nc(Cl)c1)c1nn[nH]n1. The van der Waals surface area contributed by atoms with Gasteiger partial charge >= 0.3 is 0 Å². The Bertz CT molecular complexity index is 565. The molecule has 2 heterocycles. The van der Waals surface area contributed by atoms with E-state index in [2.05, 4.69) is 30.9 Å². The van der Waals surface area contributed by atoms with Gasteiger partial charge in [0.05, 0.1) is 6.04 Å². The zero-order valence-electron chi connectivity index (χ0n) is 11.2. The normalized spacial score (nSPS) is 12.2. The van der Waals surface area contributed by atoms with Crippen LogP contribution >= 0.6 is 11.6 Å². The number of aromatic amines is 1. The lowest BCUT2D eigenvalue weighted by molar-refractivity contribution is 0.0932. The molecule has 0 fully saturated rings. The van der Waals surface area contributed by atoms with Gasteiger partial charge in [-0.25, -0.2) is 4.98 Å². The number of nitrogens with one attached hydrogen (secondary N) is 2. The molecule has 0 saturated carbocycles. The Morgan fingerprint density at radius 3 is 2.90 bits per heavy atom. The van der Waals surface area contributed by atoms with E-state index in [1.165, 1.54) is 6.07 Å². The number of H-pyrrole nitrogens is 1. The Balaban J connectivity index is 2.16. The van der Waals surface area contributed by atoms with Crippen molar-refractivity contribution in [3.05, 3.63) is 34.4 Å². The minimum absolute atomic E-state index is 0.236. The molecule has 0 aliphatic rings. The van der Waals surface area contributed by atoms with Gasteiger partial charge in [-0.1, -0.05) is 30.2 Å². The monoisotopic (exact) mass is 294 g/mol. The molecule has 7 nitrogen and oxygen atoms in total. The second-order valence-electron chi connectivity index (χ2n) is 4.40. The highest BCUT2D eigenvalue weighted by molar-refractivity contribution is 6.29. The molecule has 0 radical (unpaired) electrons. The molecule has 1 atom stereocenters. The summed E-state index contributed by atoms with van der Waals surface area (Å²) in [6.07, 6.45) is 1.61. The summed E-state index contributed by atoms with van der Waals surface area (Å²) in [5, 5.41) is 16.9. The van der Waals surface area contributed by atoms with E-state index in [4.69, 9.17) is 11.6 Å². The van der Waals surface area contributed by atoms with Crippen LogP contribution in [0.2, 0.25) is 5.15 Å². The highest BCUT2D eigenvalue weighted by Crippen LogP contribution is 2.16. The van der Waals surface area contributed by atoms with Crippen molar-refractivity contribution < 1.29 is 4.79 Å².